The molecule has 0 heterocycles. The first-order valence-corrected chi connectivity index (χ1v) is 6.49. The first kappa shape index (κ1) is 10.7. The van der Waals surface area contributed by atoms with E-state index in [1.54, 1.807) is 11.1 Å². The van der Waals surface area contributed by atoms with Crippen molar-refractivity contribution in [3.63, 3.8) is 0 Å². The van der Waals surface area contributed by atoms with Gasteiger partial charge < -0.3 is 0 Å². The molecule has 2 rings (SSSR count). The molecule has 0 spiro atoms. The third-order valence-corrected chi connectivity index (χ3v) is 3.66. The van der Waals surface area contributed by atoms with Crippen molar-refractivity contribution in [3.8, 4) is 0 Å². The smallest absolute Gasteiger partial charge is 0.0156 e. The minimum absolute atomic E-state index is 0.873. The standard InChI is InChI=1S/C15H22/c1-2-3-4-5-8-13-11-12-14-9-6-7-10-15(13)14/h6-7,9-10,13H,2-5,8,11-12H2,1H3. The number of hydrogen-bond acceptors (Lipinski definition) is 0. The summed E-state index contributed by atoms with van der Waals surface area (Å²) < 4.78 is 0. The highest BCUT2D eigenvalue weighted by Crippen LogP contribution is 2.36. The maximum absolute atomic E-state index is 2.34. The Labute approximate surface area is 93.7 Å². The van der Waals surface area contributed by atoms with Gasteiger partial charge in [-0.2, -0.15) is 0 Å². The highest BCUT2D eigenvalue weighted by Gasteiger charge is 2.20. The first-order valence-electron chi connectivity index (χ1n) is 6.49. The summed E-state index contributed by atoms with van der Waals surface area (Å²) in [7, 11) is 0. The van der Waals surface area contributed by atoms with Gasteiger partial charge in [0.1, 0.15) is 0 Å². The van der Waals surface area contributed by atoms with Crippen molar-refractivity contribution < 1.29 is 0 Å². The van der Waals surface area contributed by atoms with Crippen molar-refractivity contribution >= 4 is 0 Å². The Morgan fingerprint density at radius 3 is 2.87 bits per heavy atom. The summed E-state index contributed by atoms with van der Waals surface area (Å²) in [6.45, 7) is 2.28. The Bertz CT molecular complexity index is 301. The lowest BCUT2D eigenvalue weighted by Crippen LogP contribution is -1.93. The normalized spacial score (nSPS) is 19.1. The molecule has 1 aromatic carbocycles. The van der Waals surface area contributed by atoms with E-state index in [9.17, 15) is 0 Å². The minimum Gasteiger partial charge on any atom is -0.0654 e. The van der Waals surface area contributed by atoms with E-state index in [1.165, 1.54) is 44.9 Å². The molecule has 1 aliphatic rings. The Balaban J connectivity index is 1.85. The number of fused-ring (bicyclic) bond motifs is 1. The Hall–Kier alpha value is -0.780. The zero-order valence-corrected chi connectivity index (χ0v) is 9.84. The fraction of sp³-hybridized carbons (Fsp3) is 0.600. The largest absolute Gasteiger partial charge is 0.0654 e. The van der Waals surface area contributed by atoms with E-state index < -0.39 is 0 Å². The first-order chi connectivity index (χ1) is 7.42. The molecular formula is C15H22. The van der Waals surface area contributed by atoms with E-state index in [0.29, 0.717) is 0 Å². The second kappa shape index (κ2) is 5.34. The van der Waals surface area contributed by atoms with Crippen LogP contribution in [0.5, 0.6) is 0 Å². The molecule has 1 atom stereocenters. The van der Waals surface area contributed by atoms with Gasteiger partial charge in [-0.3, -0.25) is 0 Å². The quantitative estimate of drug-likeness (QED) is 0.608. The lowest BCUT2D eigenvalue weighted by atomic mass is 9.95. The molecule has 0 saturated carbocycles. The van der Waals surface area contributed by atoms with Crippen molar-refractivity contribution in [2.75, 3.05) is 0 Å². The summed E-state index contributed by atoms with van der Waals surface area (Å²) in [5.74, 6) is 0.873. The van der Waals surface area contributed by atoms with Gasteiger partial charge in [-0.25, -0.2) is 0 Å². The highest BCUT2D eigenvalue weighted by molar-refractivity contribution is 5.34. The predicted molar refractivity (Wildman–Crippen MR) is 66.3 cm³/mol. The van der Waals surface area contributed by atoms with Crippen LogP contribution in [0.15, 0.2) is 24.3 Å². The molecule has 0 amide bonds. The number of benzene rings is 1. The van der Waals surface area contributed by atoms with Crippen molar-refractivity contribution in [1.82, 2.24) is 0 Å². The third-order valence-electron chi connectivity index (χ3n) is 3.66. The zero-order valence-electron chi connectivity index (χ0n) is 9.84. The molecular weight excluding hydrogens is 180 g/mol. The monoisotopic (exact) mass is 202 g/mol. The molecule has 0 bridgehead atoms. The van der Waals surface area contributed by atoms with Gasteiger partial charge in [-0.1, -0.05) is 56.9 Å². The van der Waals surface area contributed by atoms with Gasteiger partial charge in [0.15, 0.2) is 0 Å². The lowest BCUT2D eigenvalue weighted by Gasteiger charge is -2.10. The van der Waals surface area contributed by atoms with Crippen molar-refractivity contribution in [3.05, 3.63) is 35.4 Å². The fourth-order valence-electron chi connectivity index (χ4n) is 2.76. The van der Waals surface area contributed by atoms with E-state index in [-0.39, 0.29) is 0 Å². The van der Waals surface area contributed by atoms with Crippen LogP contribution in [0.1, 0.15) is 62.5 Å². The van der Waals surface area contributed by atoms with Gasteiger partial charge in [-0.15, -0.1) is 0 Å². The van der Waals surface area contributed by atoms with Gasteiger partial charge in [0.05, 0.1) is 0 Å². The van der Waals surface area contributed by atoms with Gasteiger partial charge in [-0.05, 0) is 36.3 Å². The number of unbranched alkanes of at least 4 members (excludes halogenated alkanes) is 3. The average molecular weight is 202 g/mol. The molecule has 1 aromatic rings. The van der Waals surface area contributed by atoms with Crippen LogP contribution in [0, 0.1) is 0 Å². The van der Waals surface area contributed by atoms with Crippen LogP contribution in [0.25, 0.3) is 0 Å². The Kier molecular flexibility index (Phi) is 3.82. The SMILES string of the molecule is CCCCCCC1CCc2ccccc21. The van der Waals surface area contributed by atoms with E-state index in [1.807, 2.05) is 0 Å². The van der Waals surface area contributed by atoms with Gasteiger partial charge in [0.25, 0.3) is 0 Å². The topological polar surface area (TPSA) is 0 Å². The second-order valence-electron chi connectivity index (χ2n) is 4.78. The molecule has 0 nitrogen and oxygen atoms in total. The maximum atomic E-state index is 2.34. The number of aryl methyl sites for hydroxylation is 1. The molecule has 0 heteroatoms. The van der Waals surface area contributed by atoms with Gasteiger partial charge in [0.2, 0.25) is 0 Å². The summed E-state index contributed by atoms with van der Waals surface area (Å²) >= 11 is 0. The van der Waals surface area contributed by atoms with Crippen LogP contribution >= 0.6 is 0 Å². The molecule has 0 fully saturated rings. The molecule has 15 heavy (non-hydrogen) atoms. The second-order valence-corrected chi connectivity index (χ2v) is 4.78. The van der Waals surface area contributed by atoms with Crippen LogP contribution < -0.4 is 0 Å². The number of hydrogen-bond donors (Lipinski definition) is 0. The minimum atomic E-state index is 0.873. The van der Waals surface area contributed by atoms with Gasteiger partial charge in [0, 0.05) is 0 Å². The fourth-order valence-corrected chi connectivity index (χ4v) is 2.76. The summed E-state index contributed by atoms with van der Waals surface area (Å²) in [5.41, 5.74) is 3.26. The highest BCUT2D eigenvalue weighted by atomic mass is 14.3. The predicted octanol–water partition coefficient (Wildman–Crippen LogP) is 4.69. The van der Waals surface area contributed by atoms with E-state index in [2.05, 4.69) is 31.2 Å². The molecule has 82 valence electrons. The molecule has 0 N–H and O–H groups in total. The third kappa shape index (κ3) is 2.62. The van der Waals surface area contributed by atoms with Crippen LogP contribution in [0.3, 0.4) is 0 Å². The molecule has 0 aromatic heterocycles. The summed E-state index contributed by atoms with van der Waals surface area (Å²) in [5, 5.41) is 0. The van der Waals surface area contributed by atoms with E-state index in [4.69, 9.17) is 0 Å². The van der Waals surface area contributed by atoms with E-state index in [0.717, 1.165) is 5.92 Å². The van der Waals surface area contributed by atoms with Crippen LogP contribution in [-0.4, -0.2) is 0 Å². The molecule has 0 saturated heterocycles. The lowest BCUT2D eigenvalue weighted by molar-refractivity contribution is 0.551. The van der Waals surface area contributed by atoms with Crippen LogP contribution in [0.4, 0.5) is 0 Å². The molecule has 0 radical (unpaired) electrons. The Morgan fingerprint density at radius 2 is 2.00 bits per heavy atom. The summed E-state index contributed by atoms with van der Waals surface area (Å²) in [4.78, 5) is 0. The van der Waals surface area contributed by atoms with Crippen molar-refractivity contribution in [2.24, 2.45) is 0 Å². The maximum Gasteiger partial charge on any atom is -0.0156 e. The van der Waals surface area contributed by atoms with Crippen LogP contribution in [-0.2, 0) is 6.42 Å². The summed E-state index contributed by atoms with van der Waals surface area (Å²) in [6.07, 6.45) is 9.73. The zero-order chi connectivity index (χ0) is 10.5. The molecule has 1 unspecified atom stereocenters. The van der Waals surface area contributed by atoms with Crippen LogP contribution in [0.2, 0.25) is 0 Å². The average Bonchev–Trinajstić information content (AvgIpc) is 2.68. The van der Waals surface area contributed by atoms with E-state index >= 15 is 0 Å². The van der Waals surface area contributed by atoms with Crippen molar-refractivity contribution in [1.29, 1.82) is 0 Å². The van der Waals surface area contributed by atoms with Gasteiger partial charge >= 0.3 is 0 Å². The molecule has 0 aliphatic heterocycles. The number of rotatable bonds is 5. The summed E-state index contributed by atoms with van der Waals surface area (Å²) in [6, 6.07) is 9.02. The Morgan fingerprint density at radius 1 is 1.13 bits per heavy atom. The van der Waals surface area contributed by atoms with Crippen molar-refractivity contribution in [2.45, 2.75) is 57.8 Å². The molecule has 1 aliphatic carbocycles.